The van der Waals surface area contributed by atoms with Gasteiger partial charge in [-0.3, -0.25) is 4.99 Å². The molecule has 0 amide bonds. The number of pyridine rings is 1. The molecule has 2 aromatic heterocycles. The molecule has 2 aromatic rings. The lowest BCUT2D eigenvalue weighted by Crippen LogP contribution is -2.47. The number of aryl methyl sites for hydroxylation is 2. The van der Waals surface area contributed by atoms with E-state index in [1.807, 2.05) is 11.6 Å². The van der Waals surface area contributed by atoms with E-state index in [-0.39, 0.29) is 18.5 Å². The molecule has 134 valence electrons. The summed E-state index contributed by atoms with van der Waals surface area (Å²) in [6, 6.07) is 3.08. The highest BCUT2D eigenvalue weighted by atomic mass is 19.1. The zero-order valence-electron chi connectivity index (χ0n) is 14.4. The van der Waals surface area contributed by atoms with Crippen LogP contribution < -0.4 is 15.4 Å². The molecule has 0 saturated heterocycles. The Hall–Kier alpha value is -2.71. The predicted molar refractivity (Wildman–Crippen MR) is 91.1 cm³/mol. The zero-order chi connectivity index (χ0) is 17.6. The summed E-state index contributed by atoms with van der Waals surface area (Å²) < 4.78 is 20.7. The molecule has 0 fully saturated rings. The first-order valence-corrected chi connectivity index (χ1v) is 8.26. The molecular formula is C16H22FN7O. The van der Waals surface area contributed by atoms with Crippen LogP contribution in [-0.2, 0) is 13.0 Å². The fraction of sp³-hybridized carbons (Fsp3) is 0.500. The van der Waals surface area contributed by atoms with Gasteiger partial charge < -0.3 is 15.4 Å². The number of ether oxygens (including phenoxy) is 1. The summed E-state index contributed by atoms with van der Waals surface area (Å²) >= 11 is 0. The third-order valence-electron chi connectivity index (χ3n) is 3.89. The van der Waals surface area contributed by atoms with Gasteiger partial charge in [-0.2, -0.15) is 5.10 Å². The van der Waals surface area contributed by atoms with E-state index >= 15 is 0 Å². The first-order valence-electron chi connectivity index (χ1n) is 8.26. The Morgan fingerprint density at radius 3 is 3.20 bits per heavy atom. The van der Waals surface area contributed by atoms with Gasteiger partial charge in [0, 0.05) is 25.7 Å². The Kier molecular flexibility index (Phi) is 5.42. The van der Waals surface area contributed by atoms with Crippen LogP contribution in [0, 0.1) is 12.7 Å². The molecule has 9 heteroatoms. The molecule has 8 nitrogen and oxygen atoms in total. The SMILES string of the molecule is CN=C(NCCOc1ncccc1F)NC1CCc2nc(C)nn2C1. The number of guanidine groups is 1. The van der Waals surface area contributed by atoms with Gasteiger partial charge in [-0.1, -0.05) is 0 Å². The molecule has 0 spiro atoms. The van der Waals surface area contributed by atoms with E-state index in [9.17, 15) is 4.39 Å². The molecule has 0 saturated carbocycles. The van der Waals surface area contributed by atoms with E-state index in [0.29, 0.717) is 12.5 Å². The monoisotopic (exact) mass is 347 g/mol. The second kappa shape index (κ2) is 7.91. The Balaban J connectivity index is 1.43. The number of halogens is 1. The average molecular weight is 347 g/mol. The van der Waals surface area contributed by atoms with E-state index in [4.69, 9.17) is 4.74 Å². The molecule has 0 bridgehead atoms. The standard InChI is InChI=1S/C16H22FN7O/c1-11-21-14-6-5-12(10-24(14)23-11)22-16(18-2)20-8-9-25-15-13(17)4-3-7-19-15/h3-4,7,12H,5-6,8-10H2,1-2H3,(H2,18,20,22). The van der Waals surface area contributed by atoms with Crippen LogP contribution in [0.4, 0.5) is 4.39 Å². The van der Waals surface area contributed by atoms with Gasteiger partial charge in [-0.25, -0.2) is 19.0 Å². The fourth-order valence-corrected chi connectivity index (χ4v) is 2.73. The van der Waals surface area contributed by atoms with Crippen molar-refractivity contribution in [3.63, 3.8) is 0 Å². The zero-order valence-corrected chi connectivity index (χ0v) is 14.4. The van der Waals surface area contributed by atoms with Crippen molar-refractivity contribution in [2.45, 2.75) is 32.4 Å². The predicted octanol–water partition coefficient (Wildman–Crippen LogP) is 0.679. The number of nitrogens with one attached hydrogen (secondary N) is 2. The maximum absolute atomic E-state index is 13.4. The summed E-state index contributed by atoms with van der Waals surface area (Å²) in [6.45, 7) is 3.42. The van der Waals surface area contributed by atoms with Gasteiger partial charge in [0.15, 0.2) is 11.8 Å². The van der Waals surface area contributed by atoms with Gasteiger partial charge in [0.1, 0.15) is 18.3 Å². The summed E-state index contributed by atoms with van der Waals surface area (Å²) in [5, 5.41) is 10.9. The maximum Gasteiger partial charge on any atom is 0.250 e. The minimum Gasteiger partial charge on any atom is -0.474 e. The number of hydrogen-bond acceptors (Lipinski definition) is 5. The van der Waals surface area contributed by atoms with E-state index in [2.05, 4.69) is 30.7 Å². The van der Waals surface area contributed by atoms with Crippen LogP contribution in [0.15, 0.2) is 23.3 Å². The number of rotatable bonds is 5. The van der Waals surface area contributed by atoms with Crippen molar-refractivity contribution < 1.29 is 9.13 Å². The lowest BCUT2D eigenvalue weighted by Gasteiger charge is -2.25. The number of aliphatic imine (C=N–C) groups is 1. The number of aromatic nitrogens is 4. The van der Waals surface area contributed by atoms with Crippen molar-refractivity contribution >= 4 is 5.96 Å². The van der Waals surface area contributed by atoms with Crippen molar-refractivity contribution in [3.05, 3.63) is 35.8 Å². The van der Waals surface area contributed by atoms with Crippen LogP contribution in [0.25, 0.3) is 0 Å². The first kappa shape index (κ1) is 17.1. The Morgan fingerprint density at radius 2 is 2.40 bits per heavy atom. The smallest absolute Gasteiger partial charge is 0.250 e. The Morgan fingerprint density at radius 1 is 1.52 bits per heavy atom. The largest absolute Gasteiger partial charge is 0.474 e. The molecular weight excluding hydrogens is 325 g/mol. The summed E-state index contributed by atoms with van der Waals surface area (Å²) in [5.41, 5.74) is 0. The second-order valence-electron chi connectivity index (χ2n) is 5.78. The summed E-state index contributed by atoms with van der Waals surface area (Å²) in [5.74, 6) is 2.05. The average Bonchev–Trinajstić information content (AvgIpc) is 2.98. The molecule has 0 radical (unpaired) electrons. The fourth-order valence-electron chi connectivity index (χ4n) is 2.73. The second-order valence-corrected chi connectivity index (χ2v) is 5.78. The number of fused-ring (bicyclic) bond motifs is 1. The molecule has 1 unspecified atom stereocenters. The quantitative estimate of drug-likeness (QED) is 0.470. The van der Waals surface area contributed by atoms with Crippen molar-refractivity contribution in [1.82, 2.24) is 30.4 Å². The third kappa shape index (κ3) is 4.43. The molecule has 2 N–H and O–H groups in total. The van der Waals surface area contributed by atoms with E-state index in [1.54, 1.807) is 7.05 Å². The lowest BCUT2D eigenvalue weighted by atomic mass is 10.1. The lowest BCUT2D eigenvalue weighted by molar-refractivity contribution is 0.292. The molecule has 1 aliphatic rings. The van der Waals surface area contributed by atoms with Gasteiger partial charge in [0.25, 0.3) is 0 Å². The van der Waals surface area contributed by atoms with Crippen LogP contribution >= 0.6 is 0 Å². The molecule has 1 aliphatic heterocycles. The minimum atomic E-state index is -0.467. The van der Waals surface area contributed by atoms with Gasteiger partial charge in [0.2, 0.25) is 5.88 Å². The highest BCUT2D eigenvalue weighted by Gasteiger charge is 2.21. The van der Waals surface area contributed by atoms with E-state index < -0.39 is 5.82 Å². The van der Waals surface area contributed by atoms with Gasteiger partial charge in [-0.15, -0.1) is 0 Å². The molecule has 1 atom stereocenters. The van der Waals surface area contributed by atoms with Gasteiger partial charge in [0.05, 0.1) is 13.1 Å². The summed E-state index contributed by atoms with van der Waals surface area (Å²) in [6.07, 6.45) is 3.35. The van der Waals surface area contributed by atoms with Crippen LogP contribution in [-0.4, -0.2) is 51.9 Å². The van der Waals surface area contributed by atoms with Gasteiger partial charge >= 0.3 is 0 Å². The Labute approximate surface area is 145 Å². The maximum atomic E-state index is 13.4. The summed E-state index contributed by atoms with van der Waals surface area (Å²) in [4.78, 5) is 12.5. The Bertz CT molecular complexity index is 746. The normalized spacial score (nSPS) is 17.1. The molecule has 3 rings (SSSR count). The van der Waals surface area contributed by atoms with Crippen molar-refractivity contribution in [2.75, 3.05) is 20.2 Å². The molecule has 25 heavy (non-hydrogen) atoms. The van der Waals surface area contributed by atoms with Crippen LogP contribution in [0.2, 0.25) is 0 Å². The van der Waals surface area contributed by atoms with Crippen molar-refractivity contribution in [2.24, 2.45) is 4.99 Å². The van der Waals surface area contributed by atoms with Crippen LogP contribution in [0.5, 0.6) is 5.88 Å². The molecule has 0 aromatic carbocycles. The van der Waals surface area contributed by atoms with Crippen molar-refractivity contribution in [3.8, 4) is 5.88 Å². The first-order chi connectivity index (χ1) is 12.2. The number of nitrogens with zero attached hydrogens (tertiary/aromatic N) is 5. The van der Waals surface area contributed by atoms with Crippen molar-refractivity contribution in [1.29, 1.82) is 0 Å². The minimum absolute atomic E-state index is 0.00797. The third-order valence-corrected chi connectivity index (χ3v) is 3.89. The highest BCUT2D eigenvalue weighted by molar-refractivity contribution is 5.79. The molecule has 0 aliphatic carbocycles. The summed E-state index contributed by atoms with van der Waals surface area (Å²) in [7, 11) is 1.71. The van der Waals surface area contributed by atoms with E-state index in [1.165, 1.54) is 18.3 Å². The van der Waals surface area contributed by atoms with Crippen LogP contribution in [0.1, 0.15) is 18.1 Å². The van der Waals surface area contributed by atoms with Crippen LogP contribution in [0.3, 0.4) is 0 Å². The number of hydrogen-bond donors (Lipinski definition) is 2. The topological polar surface area (TPSA) is 89.2 Å². The van der Waals surface area contributed by atoms with Gasteiger partial charge in [-0.05, 0) is 25.5 Å². The van der Waals surface area contributed by atoms with E-state index in [0.717, 1.165) is 31.0 Å². The highest BCUT2D eigenvalue weighted by Crippen LogP contribution is 2.13. The molecule has 3 heterocycles.